The van der Waals surface area contributed by atoms with Crippen LogP contribution in [0, 0.1) is 0 Å². The van der Waals surface area contributed by atoms with Crippen LogP contribution in [0.5, 0.6) is 0 Å². The minimum atomic E-state index is -2.66. The van der Waals surface area contributed by atoms with Crippen molar-refractivity contribution in [2.75, 3.05) is 26.4 Å². The minimum Gasteiger partial charge on any atom is -0.547 e. The van der Waals surface area contributed by atoms with Gasteiger partial charge in [-0.15, -0.1) is 0 Å². The molecule has 0 saturated heterocycles. The van der Waals surface area contributed by atoms with Gasteiger partial charge in [0.15, 0.2) is 0 Å². The predicted octanol–water partition coefficient (Wildman–Crippen LogP) is -16.2. The van der Waals surface area contributed by atoms with Crippen molar-refractivity contribution in [2.45, 2.75) is 149 Å². The third-order valence-corrected chi connectivity index (χ3v) is 9.15. The maximum atomic E-state index is 10.5. The number of carboxylic acid groups (broad SMARTS) is 4. The first-order chi connectivity index (χ1) is 27.2. The van der Waals surface area contributed by atoms with Gasteiger partial charge in [-0.3, -0.25) is 0 Å². The molecule has 0 bridgehead atoms. The van der Waals surface area contributed by atoms with Gasteiger partial charge in [0, 0.05) is 0 Å². The Morgan fingerprint density at radius 2 is 0.475 bits per heavy atom. The molecule has 20 N–H and O–H groups in total. The van der Waals surface area contributed by atoms with Gasteiger partial charge >= 0.3 is 21.7 Å². The smallest absolute Gasteiger partial charge is 0.547 e. The molecule has 0 aliphatic carbocycles. The van der Waals surface area contributed by atoms with Crippen molar-refractivity contribution in [1.29, 1.82) is 0 Å². The number of carbonyl (C=O) groups is 4. The van der Waals surface area contributed by atoms with Gasteiger partial charge in [0.25, 0.3) is 0 Å². The maximum Gasteiger partial charge on any atom is 4.00 e. The van der Waals surface area contributed by atoms with Crippen molar-refractivity contribution in [1.82, 2.24) is 0 Å². The van der Waals surface area contributed by atoms with Crippen molar-refractivity contribution in [3.8, 4) is 0 Å². The number of hydrogen-bond acceptors (Lipinski definition) is 28. The Hall–Kier alpha value is -2.21. The van der Waals surface area contributed by atoms with E-state index < -0.39 is 172 Å². The minimum absolute atomic E-state index is 0. The molecule has 0 heterocycles. The number of carbonyl (C=O) groups excluding carboxylic acids is 4. The molecule has 0 amide bonds. The van der Waals surface area contributed by atoms with E-state index in [-0.39, 0.29) is 21.7 Å². The number of rotatable bonds is 24. The number of aliphatic carboxylic acids is 4. The van der Waals surface area contributed by atoms with Crippen LogP contribution >= 0.6 is 0 Å². The van der Waals surface area contributed by atoms with Gasteiger partial charge in [0.05, 0.1) is 50.3 Å². The van der Waals surface area contributed by atoms with Gasteiger partial charge in [0.2, 0.25) is 0 Å². The van der Waals surface area contributed by atoms with E-state index in [0.717, 1.165) is 0 Å². The van der Waals surface area contributed by atoms with Gasteiger partial charge in [-0.2, -0.15) is 0 Å². The number of aliphatic hydroxyl groups is 20. The molecule has 0 fully saturated rings. The summed E-state index contributed by atoms with van der Waals surface area (Å²) in [5.74, 6) is -7.83. The molecule has 0 aromatic rings. The summed E-state index contributed by atoms with van der Waals surface area (Å²) in [6.07, 6.45) is -25.1. The molecule has 0 spiro atoms. The Labute approximate surface area is 362 Å². The molecular formula is C32H60O28Ti. The van der Waals surface area contributed by atoms with Crippen molar-refractivity contribution in [3.63, 3.8) is 0 Å². The molecule has 29 heteroatoms. The van der Waals surface area contributed by atoms with Crippen molar-refractivity contribution in [3.05, 3.63) is 0 Å². The number of aliphatic hydroxyl groups excluding tert-OH is 16. The SMILES string of the molecule is CCC(O)(C(=O)[O-])C(O)C(O)C(O)CO.CCC(O)(C(=O)[O-])C(O)C(O)C(O)CO.CCC(O)(C(=O)[O-])C(O)C(O)C(O)CO.CCC(O)(C(=O)[O-])C(O)C(O)C(O)CO.[Ti+4]. The average molecular weight is 941 g/mol. The van der Waals surface area contributed by atoms with Crippen LogP contribution < -0.4 is 20.4 Å². The van der Waals surface area contributed by atoms with Crippen LogP contribution in [0.3, 0.4) is 0 Å². The molecule has 16 atom stereocenters. The van der Waals surface area contributed by atoms with Gasteiger partial charge in [-0.25, -0.2) is 0 Å². The summed E-state index contributed by atoms with van der Waals surface area (Å²) in [6, 6.07) is 0. The van der Waals surface area contributed by atoms with Crippen LogP contribution in [-0.4, -0.2) is 248 Å². The van der Waals surface area contributed by atoms with Crippen LogP contribution in [0.2, 0.25) is 0 Å². The van der Waals surface area contributed by atoms with Crippen LogP contribution in [-0.2, 0) is 40.9 Å². The fraction of sp³-hybridized carbons (Fsp3) is 0.875. The normalized spacial score (nSPS) is 21.1. The van der Waals surface area contributed by atoms with E-state index in [9.17, 15) is 101 Å². The van der Waals surface area contributed by atoms with Gasteiger partial charge in [-0.1, -0.05) is 27.7 Å². The van der Waals surface area contributed by atoms with Crippen LogP contribution in [0.15, 0.2) is 0 Å². The monoisotopic (exact) mass is 940 g/mol. The van der Waals surface area contributed by atoms with E-state index >= 15 is 0 Å². The Morgan fingerprint density at radius 1 is 0.361 bits per heavy atom. The fourth-order valence-corrected chi connectivity index (χ4v) is 4.30. The standard InChI is InChI=1S/4C8H16O7.Ti/c4*1-2-8(15,7(13)14)6(12)5(11)4(10)3-9;/h4*4-6,9-12,15H,2-3H2,1H3,(H,13,14);/q;;;;+4/p-4. The molecule has 0 aromatic carbocycles. The molecule has 0 aromatic heterocycles. The molecule has 0 aliphatic heterocycles. The van der Waals surface area contributed by atoms with Crippen molar-refractivity contribution < 1.29 is 163 Å². The zero-order valence-corrected chi connectivity index (χ0v) is 34.9. The third kappa shape index (κ3) is 18.8. The first kappa shape index (κ1) is 67.9. The summed E-state index contributed by atoms with van der Waals surface area (Å²) in [5.41, 5.74) is -10.6. The molecule has 61 heavy (non-hydrogen) atoms. The number of carboxylic acids is 4. The Balaban J connectivity index is -0.000000227. The molecule has 0 aliphatic rings. The fourth-order valence-electron chi connectivity index (χ4n) is 4.30. The van der Waals surface area contributed by atoms with E-state index in [1.54, 1.807) is 0 Å². The Morgan fingerprint density at radius 3 is 0.541 bits per heavy atom. The predicted molar refractivity (Wildman–Crippen MR) is 181 cm³/mol. The second-order valence-electron chi connectivity index (χ2n) is 13.0. The van der Waals surface area contributed by atoms with Crippen molar-refractivity contribution >= 4 is 23.9 Å². The third-order valence-electron chi connectivity index (χ3n) is 9.15. The largest absolute Gasteiger partial charge is 4.00 e. The molecule has 0 radical (unpaired) electrons. The first-order valence-electron chi connectivity index (χ1n) is 17.6. The van der Waals surface area contributed by atoms with Crippen molar-refractivity contribution in [2.24, 2.45) is 0 Å². The van der Waals surface area contributed by atoms with Gasteiger partial charge < -0.3 is 142 Å². The van der Waals surface area contributed by atoms with E-state index in [1.807, 2.05) is 0 Å². The summed E-state index contributed by atoms with van der Waals surface area (Å²) < 4.78 is 0. The molecule has 16 unspecified atom stereocenters. The summed E-state index contributed by atoms with van der Waals surface area (Å²) in [4.78, 5) is 42.1. The summed E-state index contributed by atoms with van der Waals surface area (Å²) in [7, 11) is 0. The summed E-state index contributed by atoms with van der Waals surface area (Å²) in [6.45, 7) is 1.56. The maximum absolute atomic E-state index is 10.5. The summed E-state index contributed by atoms with van der Waals surface area (Å²) in [5, 5.41) is 223. The molecule has 0 rings (SSSR count). The van der Waals surface area contributed by atoms with Gasteiger partial charge in [-0.05, 0) is 25.7 Å². The molecule has 28 nitrogen and oxygen atoms in total. The Kier molecular flexibility index (Phi) is 34.3. The average Bonchev–Trinajstić information content (AvgIpc) is 3.24. The van der Waals surface area contributed by atoms with E-state index in [4.69, 9.17) is 40.9 Å². The van der Waals surface area contributed by atoms with Crippen LogP contribution in [0.25, 0.3) is 0 Å². The first-order valence-corrected chi connectivity index (χ1v) is 17.6. The van der Waals surface area contributed by atoms with Crippen LogP contribution in [0.1, 0.15) is 53.4 Å². The molecule has 0 saturated carbocycles. The van der Waals surface area contributed by atoms with Crippen LogP contribution in [0.4, 0.5) is 0 Å². The molecule has 360 valence electrons. The van der Waals surface area contributed by atoms with E-state index in [2.05, 4.69) is 0 Å². The zero-order chi connectivity index (χ0) is 48.9. The van der Waals surface area contributed by atoms with Gasteiger partial charge in [0.1, 0.15) is 95.7 Å². The number of hydrogen-bond donors (Lipinski definition) is 20. The summed E-state index contributed by atoms with van der Waals surface area (Å²) >= 11 is 0. The quantitative estimate of drug-likeness (QED) is 0.0400. The molecular weight excluding hydrogens is 880 g/mol. The second-order valence-corrected chi connectivity index (χ2v) is 13.0. The van der Waals surface area contributed by atoms with E-state index in [0.29, 0.717) is 0 Å². The van der Waals surface area contributed by atoms with E-state index in [1.165, 1.54) is 27.7 Å². The Bertz CT molecular complexity index is 1070. The zero-order valence-electron chi connectivity index (χ0n) is 33.3. The topological polar surface area (TPSA) is 565 Å². The second kappa shape index (κ2) is 30.8.